The molecule has 1 N–H and O–H groups in total. The predicted molar refractivity (Wildman–Crippen MR) is 85.9 cm³/mol. The van der Waals surface area contributed by atoms with E-state index in [1.54, 1.807) is 6.07 Å². The van der Waals surface area contributed by atoms with Crippen molar-refractivity contribution in [2.45, 2.75) is 32.7 Å². The van der Waals surface area contributed by atoms with E-state index < -0.39 is 0 Å². The Hall–Kier alpha value is -0.680. The van der Waals surface area contributed by atoms with Gasteiger partial charge in [-0.25, -0.2) is 0 Å². The molecule has 0 aliphatic heterocycles. The van der Waals surface area contributed by atoms with Gasteiger partial charge in [0.15, 0.2) is 0 Å². The van der Waals surface area contributed by atoms with Crippen LogP contribution in [0.15, 0.2) is 18.2 Å². The molecule has 0 aliphatic rings. The van der Waals surface area contributed by atoms with Crippen LogP contribution in [0.25, 0.3) is 0 Å². The van der Waals surface area contributed by atoms with E-state index in [0.29, 0.717) is 10.0 Å². The minimum absolute atomic E-state index is 0.172. The maximum Gasteiger partial charge on any atom is 0.0801 e. The van der Waals surface area contributed by atoms with E-state index in [4.69, 9.17) is 23.2 Å². The van der Waals surface area contributed by atoms with Crippen molar-refractivity contribution in [3.05, 3.63) is 44.4 Å². The fourth-order valence-electron chi connectivity index (χ4n) is 2.16. The molecule has 0 fully saturated rings. The molecular formula is C14H17Cl2N3S. The normalized spacial score (nSPS) is 12.6. The molecule has 0 amide bonds. The quantitative estimate of drug-likeness (QED) is 0.858. The second-order valence-corrected chi connectivity index (χ2v) is 6.04. The Balaban J connectivity index is 2.28. The monoisotopic (exact) mass is 329 g/mol. The Morgan fingerprint density at radius 3 is 2.80 bits per heavy atom. The summed E-state index contributed by atoms with van der Waals surface area (Å²) < 4.78 is 4.07. The molecule has 6 heteroatoms. The van der Waals surface area contributed by atoms with Crippen molar-refractivity contribution in [1.82, 2.24) is 14.9 Å². The van der Waals surface area contributed by atoms with Crippen LogP contribution in [0, 0.1) is 0 Å². The molecule has 0 bridgehead atoms. The van der Waals surface area contributed by atoms with Gasteiger partial charge in [0.05, 0.1) is 20.6 Å². The van der Waals surface area contributed by atoms with Crippen molar-refractivity contribution in [3.63, 3.8) is 0 Å². The Morgan fingerprint density at radius 1 is 1.30 bits per heavy atom. The van der Waals surface area contributed by atoms with Crippen molar-refractivity contribution in [1.29, 1.82) is 0 Å². The first-order chi connectivity index (χ1) is 9.67. The molecule has 2 rings (SSSR count). The van der Waals surface area contributed by atoms with Gasteiger partial charge in [0.25, 0.3) is 0 Å². The summed E-state index contributed by atoms with van der Waals surface area (Å²) >= 11 is 13.8. The van der Waals surface area contributed by atoms with Gasteiger partial charge in [-0.15, -0.1) is 5.10 Å². The Labute approximate surface area is 133 Å². The number of aryl methyl sites for hydroxylation is 1. The number of hydrogen-bond donors (Lipinski definition) is 1. The summed E-state index contributed by atoms with van der Waals surface area (Å²) in [4.78, 5) is 1.19. The summed E-state index contributed by atoms with van der Waals surface area (Å²) in [5.74, 6) is 0. The van der Waals surface area contributed by atoms with Crippen molar-refractivity contribution in [2.24, 2.45) is 0 Å². The van der Waals surface area contributed by atoms with Gasteiger partial charge >= 0.3 is 0 Å². The average Bonchev–Trinajstić information content (AvgIpc) is 2.91. The highest BCUT2D eigenvalue weighted by Crippen LogP contribution is 2.31. The third-order valence-corrected chi connectivity index (χ3v) is 4.88. The highest BCUT2D eigenvalue weighted by atomic mass is 35.5. The summed E-state index contributed by atoms with van der Waals surface area (Å²) in [6.45, 7) is 5.06. The summed E-state index contributed by atoms with van der Waals surface area (Å²) in [5, 5.41) is 8.90. The third-order valence-electron chi connectivity index (χ3n) is 3.14. The highest BCUT2D eigenvalue weighted by Gasteiger charge is 2.19. The molecule has 20 heavy (non-hydrogen) atoms. The fourth-order valence-corrected chi connectivity index (χ4v) is 3.36. The first-order valence-electron chi connectivity index (χ1n) is 6.64. The van der Waals surface area contributed by atoms with Crippen LogP contribution in [0.2, 0.25) is 10.0 Å². The molecule has 108 valence electrons. The van der Waals surface area contributed by atoms with Crippen LogP contribution in [0.4, 0.5) is 0 Å². The molecule has 1 unspecified atom stereocenters. The lowest BCUT2D eigenvalue weighted by molar-refractivity contribution is 0.553. The smallest absolute Gasteiger partial charge is 0.0801 e. The van der Waals surface area contributed by atoms with Gasteiger partial charge in [-0.05, 0) is 42.5 Å². The zero-order valence-electron chi connectivity index (χ0n) is 11.5. The van der Waals surface area contributed by atoms with Gasteiger partial charge in [-0.3, -0.25) is 0 Å². The van der Waals surface area contributed by atoms with Gasteiger partial charge in [0, 0.05) is 6.04 Å². The molecule has 0 saturated heterocycles. The van der Waals surface area contributed by atoms with E-state index in [-0.39, 0.29) is 6.04 Å². The number of benzene rings is 1. The second kappa shape index (κ2) is 7.36. The topological polar surface area (TPSA) is 37.8 Å². The zero-order valence-corrected chi connectivity index (χ0v) is 13.8. The van der Waals surface area contributed by atoms with E-state index in [0.717, 1.165) is 30.6 Å². The van der Waals surface area contributed by atoms with Crippen LogP contribution < -0.4 is 5.32 Å². The van der Waals surface area contributed by atoms with Gasteiger partial charge in [-0.2, -0.15) is 0 Å². The average molecular weight is 330 g/mol. The molecule has 0 saturated carbocycles. The van der Waals surface area contributed by atoms with Crippen molar-refractivity contribution in [3.8, 4) is 0 Å². The number of likely N-dealkylation sites (N-methyl/N-ethyl adjacent to an activating group) is 1. The van der Waals surface area contributed by atoms with Crippen LogP contribution in [-0.4, -0.2) is 16.1 Å². The molecule has 2 aromatic rings. The van der Waals surface area contributed by atoms with Gasteiger partial charge in [0.1, 0.15) is 0 Å². The Kier molecular flexibility index (Phi) is 5.78. The number of nitrogens with zero attached hydrogens (tertiary/aromatic N) is 2. The van der Waals surface area contributed by atoms with E-state index in [9.17, 15) is 0 Å². The zero-order chi connectivity index (χ0) is 14.5. The number of nitrogens with one attached hydrogen (secondary N) is 1. The molecular weight excluding hydrogens is 313 g/mol. The molecule has 0 radical (unpaired) electrons. The van der Waals surface area contributed by atoms with E-state index in [1.165, 1.54) is 16.4 Å². The summed E-state index contributed by atoms with van der Waals surface area (Å²) in [5.41, 5.74) is 2.10. The van der Waals surface area contributed by atoms with Crippen molar-refractivity contribution >= 4 is 34.7 Å². The number of halogens is 2. The fraction of sp³-hybridized carbons (Fsp3) is 0.429. The van der Waals surface area contributed by atoms with Gasteiger partial charge in [-0.1, -0.05) is 53.7 Å². The minimum Gasteiger partial charge on any atom is -0.309 e. The number of aromatic nitrogens is 2. The lowest BCUT2D eigenvalue weighted by Crippen LogP contribution is -2.23. The Bertz CT molecular complexity index is 571. The standard InChI is InChI=1S/C14H17Cl2N3S/c1-3-11-14(20-19-18-11)12(17-4-2)8-9-6-5-7-10(15)13(9)16/h5-7,12,17H,3-4,8H2,1-2H3. The lowest BCUT2D eigenvalue weighted by atomic mass is 10.0. The van der Waals surface area contributed by atoms with Crippen LogP contribution >= 0.6 is 34.7 Å². The summed E-state index contributed by atoms with van der Waals surface area (Å²) in [6, 6.07) is 5.92. The molecule has 3 nitrogen and oxygen atoms in total. The first-order valence-corrected chi connectivity index (χ1v) is 8.17. The highest BCUT2D eigenvalue weighted by molar-refractivity contribution is 7.05. The van der Waals surface area contributed by atoms with Crippen molar-refractivity contribution < 1.29 is 0 Å². The lowest BCUT2D eigenvalue weighted by Gasteiger charge is -2.18. The SMILES string of the molecule is CCNC(Cc1cccc(Cl)c1Cl)c1snnc1CC. The van der Waals surface area contributed by atoms with E-state index >= 15 is 0 Å². The molecule has 1 aromatic carbocycles. The second-order valence-electron chi connectivity index (χ2n) is 4.46. The van der Waals surface area contributed by atoms with Crippen LogP contribution in [-0.2, 0) is 12.8 Å². The maximum atomic E-state index is 6.28. The maximum absolute atomic E-state index is 6.28. The van der Waals surface area contributed by atoms with Gasteiger partial charge < -0.3 is 5.32 Å². The number of hydrogen-bond acceptors (Lipinski definition) is 4. The van der Waals surface area contributed by atoms with E-state index in [2.05, 4.69) is 28.8 Å². The predicted octanol–water partition coefficient (Wildman–Crippen LogP) is 4.30. The molecule has 1 heterocycles. The minimum atomic E-state index is 0.172. The largest absolute Gasteiger partial charge is 0.309 e. The third kappa shape index (κ3) is 3.50. The van der Waals surface area contributed by atoms with Crippen LogP contribution in [0.1, 0.15) is 36.0 Å². The first kappa shape index (κ1) is 15.7. The molecule has 1 aromatic heterocycles. The summed E-state index contributed by atoms with van der Waals surface area (Å²) in [6.07, 6.45) is 1.67. The summed E-state index contributed by atoms with van der Waals surface area (Å²) in [7, 11) is 0. The number of rotatable bonds is 6. The van der Waals surface area contributed by atoms with E-state index in [1.807, 2.05) is 12.1 Å². The molecule has 0 aliphatic carbocycles. The van der Waals surface area contributed by atoms with Crippen LogP contribution in [0.3, 0.4) is 0 Å². The van der Waals surface area contributed by atoms with Gasteiger partial charge in [0.2, 0.25) is 0 Å². The Morgan fingerprint density at radius 2 is 2.10 bits per heavy atom. The van der Waals surface area contributed by atoms with Crippen LogP contribution in [0.5, 0.6) is 0 Å². The van der Waals surface area contributed by atoms with Crippen molar-refractivity contribution in [2.75, 3.05) is 6.54 Å². The molecule has 0 spiro atoms. The molecule has 1 atom stereocenters.